The Kier molecular flexibility index (Phi) is 3.51. The standard InChI is InChI=1S/C7H5Cl2F3N2O/c8-1-3-4(9)2-14-6(13)5(3)15-7(10,11)12/h2H,1H2,(H2,13,14). The summed E-state index contributed by atoms with van der Waals surface area (Å²) in [5.41, 5.74) is 5.18. The molecule has 0 bridgehead atoms. The van der Waals surface area contributed by atoms with Gasteiger partial charge in [0.2, 0.25) is 0 Å². The molecule has 0 unspecified atom stereocenters. The zero-order valence-electron chi connectivity index (χ0n) is 7.11. The smallest absolute Gasteiger partial charge is 0.401 e. The van der Waals surface area contributed by atoms with E-state index in [0.29, 0.717) is 0 Å². The Morgan fingerprint density at radius 3 is 2.53 bits per heavy atom. The third-order valence-corrected chi connectivity index (χ3v) is 2.06. The molecule has 0 amide bonds. The van der Waals surface area contributed by atoms with Crippen molar-refractivity contribution in [2.75, 3.05) is 5.73 Å². The van der Waals surface area contributed by atoms with Gasteiger partial charge in [0.05, 0.1) is 10.9 Å². The number of hydrogen-bond acceptors (Lipinski definition) is 3. The van der Waals surface area contributed by atoms with Crippen LogP contribution in [0.1, 0.15) is 5.56 Å². The van der Waals surface area contributed by atoms with Crippen LogP contribution < -0.4 is 10.5 Å². The minimum Gasteiger partial charge on any atom is -0.401 e. The van der Waals surface area contributed by atoms with E-state index in [1.165, 1.54) is 0 Å². The van der Waals surface area contributed by atoms with Crippen molar-refractivity contribution < 1.29 is 17.9 Å². The maximum Gasteiger partial charge on any atom is 0.573 e. The normalized spacial score (nSPS) is 11.5. The Morgan fingerprint density at radius 2 is 2.07 bits per heavy atom. The fourth-order valence-electron chi connectivity index (χ4n) is 0.880. The Bertz CT molecular complexity index is 370. The van der Waals surface area contributed by atoms with Gasteiger partial charge in [0, 0.05) is 11.8 Å². The van der Waals surface area contributed by atoms with E-state index < -0.39 is 17.9 Å². The van der Waals surface area contributed by atoms with Gasteiger partial charge in [0.25, 0.3) is 0 Å². The Morgan fingerprint density at radius 1 is 1.47 bits per heavy atom. The fourth-order valence-corrected chi connectivity index (χ4v) is 1.42. The first-order chi connectivity index (χ1) is 6.85. The zero-order chi connectivity index (χ0) is 11.6. The number of ether oxygens (including phenoxy) is 1. The van der Waals surface area contributed by atoms with Crippen molar-refractivity contribution in [2.24, 2.45) is 0 Å². The number of nitrogen functional groups attached to an aromatic ring is 1. The van der Waals surface area contributed by atoms with Crippen LogP contribution in [0.4, 0.5) is 19.0 Å². The minimum atomic E-state index is -4.86. The highest BCUT2D eigenvalue weighted by Crippen LogP contribution is 2.35. The van der Waals surface area contributed by atoms with E-state index in [4.69, 9.17) is 28.9 Å². The predicted octanol–water partition coefficient (Wildman–Crippen LogP) is 2.95. The van der Waals surface area contributed by atoms with E-state index in [1.807, 2.05) is 0 Å². The van der Waals surface area contributed by atoms with Crippen LogP contribution in [0.25, 0.3) is 0 Å². The molecule has 1 aromatic heterocycles. The summed E-state index contributed by atoms with van der Waals surface area (Å²) in [6.45, 7) is 0. The molecule has 0 aliphatic rings. The lowest BCUT2D eigenvalue weighted by Crippen LogP contribution is -2.19. The molecule has 0 aliphatic carbocycles. The second-order valence-electron chi connectivity index (χ2n) is 2.48. The van der Waals surface area contributed by atoms with Crippen molar-refractivity contribution >= 4 is 29.0 Å². The minimum absolute atomic E-state index is 0.0292. The quantitative estimate of drug-likeness (QED) is 0.832. The molecule has 84 valence electrons. The maximum absolute atomic E-state index is 12.0. The first kappa shape index (κ1) is 12.2. The number of pyridine rings is 1. The molecule has 1 rings (SSSR count). The first-order valence-corrected chi connectivity index (χ1v) is 4.51. The van der Waals surface area contributed by atoms with Gasteiger partial charge in [0.1, 0.15) is 0 Å². The average Bonchev–Trinajstić information content (AvgIpc) is 2.10. The average molecular weight is 261 g/mol. The summed E-state index contributed by atoms with van der Waals surface area (Å²) in [5, 5.41) is -0.0292. The second kappa shape index (κ2) is 4.32. The van der Waals surface area contributed by atoms with Gasteiger partial charge in [-0.25, -0.2) is 4.98 Å². The molecule has 8 heteroatoms. The number of nitrogens with zero attached hydrogens (tertiary/aromatic N) is 1. The molecule has 0 saturated heterocycles. The number of halogens is 5. The highest BCUT2D eigenvalue weighted by Gasteiger charge is 2.33. The molecular weight excluding hydrogens is 256 g/mol. The number of nitrogens with two attached hydrogens (primary N) is 1. The number of aromatic nitrogens is 1. The molecule has 15 heavy (non-hydrogen) atoms. The number of anilines is 1. The lowest BCUT2D eigenvalue weighted by atomic mass is 10.2. The van der Waals surface area contributed by atoms with E-state index in [2.05, 4.69) is 9.72 Å². The van der Waals surface area contributed by atoms with Gasteiger partial charge >= 0.3 is 6.36 Å². The molecule has 1 aromatic rings. The van der Waals surface area contributed by atoms with Crippen molar-refractivity contribution in [1.82, 2.24) is 4.98 Å². The monoisotopic (exact) mass is 260 g/mol. The molecule has 0 aliphatic heterocycles. The molecule has 0 spiro atoms. The Balaban J connectivity index is 3.20. The van der Waals surface area contributed by atoms with Crippen LogP contribution in [0.15, 0.2) is 6.20 Å². The van der Waals surface area contributed by atoms with Crippen molar-refractivity contribution in [1.29, 1.82) is 0 Å². The SMILES string of the molecule is Nc1ncc(Cl)c(CCl)c1OC(F)(F)F. The van der Waals surface area contributed by atoms with Crippen LogP contribution in [0.2, 0.25) is 5.02 Å². The summed E-state index contributed by atoms with van der Waals surface area (Å²) in [6, 6.07) is 0. The molecular formula is C7H5Cl2F3N2O. The summed E-state index contributed by atoms with van der Waals surface area (Å²) in [4.78, 5) is 3.43. The van der Waals surface area contributed by atoms with Crippen LogP contribution >= 0.6 is 23.2 Å². The number of hydrogen-bond donors (Lipinski definition) is 1. The molecule has 0 atom stereocenters. The lowest BCUT2D eigenvalue weighted by Gasteiger charge is -2.14. The molecule has 1 heterocycles. The summed E-state index contributed by atoms with van der Waals surface area (Å²) < 4.78 is 39.6. The molecule has 0 radical (unpaired) electrons. The second-order valence-corrected chi connectivity index (χ2v) is 3.15. The maximum atomic E-state index is 12.0. The Labute approximate surface area is 92.9 Å². The van der Waals surface area contributed by atoms with Crippen LogP contribution in [0.3, 0.4) is 0 Å². The third kappa shape index (κ3) is 3.04. The van der Waals surface area contributed by atoms with Gasteiger partial charge in [-0.1, -0.05) is 11.6 Å². The van der Waals surface area contributed by atoms with Crippen molar-refractivity contribution in [3.8, 4) is 5.75 Å². The lowest BCUT2D eigenvalue weighted by molar-refractivity contribution is -0.274. The van der Waals surface area contributed by atoms with Crippen LogP contribution in [0, 0.1) is 0 Å². The summed E-state index contributed by atoms with van der Waals surface area (Å²) >= 11 is 11.0. The Hall–Kier alpha value is -0.880. The first-order valence-electron chi connectivity index (χ1n) is 3.59. The predicted molar refractivity (Wildman–Crippen MR) is 49.9 cm³/mol. The van der Waals surface area contributed by atoms with Crippen molar-refractivity contribution in [2.45, 2.75) is 12.2 Å². The number of rotatable bonds is 2. The number of alkyl halides is 4. The fraction of sp³-hybridized carbons (Fsp3) is 0.286. The van der Waals surface area contributed by atoms with Crippen LogP contribution in [0.5, 0.6) is 5.75 Å². The summed E-state index contributed by atoms with van der Waals surface area (Å²) in [5.74, 6) is -1.31. The molecule has 0 fully saturated rings. The van der Waals surface area contributed by atoms with Gasteiger partial charge in [0.15, 0.2) is 11.6 Å². The van der Waals surface area contributed by atoms with E-state index >= 15 is 0 Å². The summed E-state index contributed by atoms with van der Waals surface area (Å²) in [6.07, 6.45) is -3.75. The molecule has 2 N–H and O–H groups in total. The van der Waals surface area contributed by atoms with E-state index in [9.17, 15) is 13.2 Å². The van der Waals surface area contributed by atoms with Crippen LogP contribution in [-0.2, 0) is 5.88 Å². The van der Waals surface area contributed by atoms with Crippen molar-refractivity contribution in [3.63, 3.8) is 0 Å². The van der Waals surface area contributed by atoms with E-state index in [-0.39, 0.29) is 16.5 Å². The summed E-state index contributed by atoms with van der Waals surface area (Å²) in [7, 11) is 0. The van der Waals surface area contributed by atoms with Crippen molar-refractivity contribution in [3.05, 3.63) is 16.8 Å². The third-order valence-electron chi connectivity index (χ3n) is 1.46. The van der Waals surface area contributed by atoms with Gasteiger partial charge in [-0.3, -0.25) is 0 Å². The topological polar surface area (TPSA) is 48.1 Å². The molecule has 0 aromatic carbocycles. The highest BCUT2D eigenvalue weighted by atomic mass is 35.5. The van der Waals surface area contributed by atoms with Crippen LogP contribution in [-0.4, -0.2) is 11.3 Å². The van der Waals surface area contributed by atoms with E-state index in [0.717, 1.165) is 6.20 Å². The molecule has 3 nitrogen and oxygen atoms in total. The van der Waals surface area contributed by atoms with Gasteiger partial charge in [-0.15, -0.1) is 24.8 Å². The highest BCUT2D eigenvalue weighted by molar-refractivity contribution is 6.32. The van der Waals surface area contributed by atoms with E-state index in [1.54, 1.807) is 0 Å². The van der Waals surface area contributed by atoms with Gasteiger partial charge in [-0.2, -0.15) is 0 Å². The van der Waals surface area contributed by atoms with Gasteiger partial charge in [-0.05, 0) is 0 Å². The molecule has 0 saturated carbocycles. The van der Waals surface area contributed by atoms with Gasteiger partial charge < -0.3 is 10.5 Å². The zero-order valence-corrected chi connectivity index (χ0v) is 8.62. The largest absolute Gasteiger partial charge is 0.573 e.